The minimum absolute atomic E-state index is 0.392. The summed E-state index contributed by atoms with van der Waals surface area (Å²) in [5, 5.41) is 13.1. The van der Waals surface area contributed by atoms with Gasteiger partial charge in [-0.15, -0.1) is 0 Å². The molecule has 0 spiro atoms. The zero-order valence-electron chi connectivity index (χ0n) is 10.8. The Morgan fingerprint density at radius 2 is 2.15 bits per heavy atom. The van der Waals surface area contributed by atoms with Gasteiger partial charge in [-0.3, -0.25) is 4.68 Å². The molecule has 0 radical (unpaired) electrons. The second kappa shape index (κ2) is 4.16. The molecule has 0 aliphatic rings. The first kappa shape index (κ1) is 12.3. The smallest absolute Gasteiger partial charge is 0.338 e. The number of hydrogen-bond donors (Lipinski definition) is 2. The first-order valence-corrected chi connectivity index (χ1v) is 5.89. The number of rotatable bonds is 2. The maximum Gasteiger partial charge on any atom is 0.338 e. The number of carbonyl (C=O) groups is 1. The predicted octanol–water partition coefficient (Wildman–Crippen LogP) is 2.11. The SMILES string of the molecule is Cc1cc(-c2nc3cc(C(=O)O)c(F)cc3[nH]2)n(C)n1. The highest BCUT2D eigenvalue weighted by Crippen LogP contribution is 2.23. The summed E-state index contributed by atoms with van der Waals surface area (Å²) < 4.78 is 15.3. The largest absolute Gasteiger partial charge is 0.478 e. The van der Waals surface area contributed by atoms with Crippen molar-refractivity contribution in [2.75, 3.05) is 0 Å². The molecular weight excluding hydrogens is 263 g/mol. The lowest BCUT2D eigenvalue weighted by Gasteiger charge is -1.96. The number of carboxylic acids is 1. The number of aromatic nitrogens is 4. The minimum atomic E-state index is -1.31. The van der Waals surface area contributed by atoms with Crippen LogP contribution in [0.4, 0.5) is 4.39 Å². The van der Waals surface area contributed by atoms with Gasteiger partial charge in [0.25, 0.3) is 0 Å². The molecule has 0 saturated carbocycles. The molecule has 0 bridgehead atoms. The van der Waals surface area contributed by atoms with Crippen LogP contribution in [-0.2, 0) is 7.05 Å². The molecule has 0 unspecified atom stereocenters. The van der Waals surface area contributed by atoms with Crippen LogP contribution in [0, 0.1) is 12.7 Å². The number of benzene rings is 1. The van der Waals surface area contributed by atoms with E-state index in [2.05, 4.69) is 15.1 Å². The van der Waals surface area contributed by atoms with E-state index in [0.29, 0.717) is 16.9 Å². The van der Waals surface area contributed by atoms with Gasteiger partial charge in [0.05, 0.1) is 22.3 Å². The van der Waals surface area contributed by atoms with Crippen LogP contribution in [0.15, 0.2) is 18.2 Å². The van der Waals surface area contributed by atoms with E-state index in [0.717, 1.165) is 17.5 Å². The molecule has 6 nitrogen and oxygen atoms in total. The van der Waals surface area contributed by atoms with Crippen molar-refractivity contribution in [2.24, 2.45) is 7.05 Å². The second-order valence-electron chi connectivity index (χ2n) is 4.53. The molecule has 0 atom stereocenters. The number of fused-ring (bicyclic) bond motifs is 1. The van der Waals surface area contributed by atoms with Crippen molar-refractivity contribution in [3.8, 4) is 11.5 Å². The zero-order chi connectivity index (χ0) is 14.4. The maximum absolute atomic E-state index is 13.6. The van der Waals surface area contributed by atoms with E-state index in [-0.39, 0.29) is 0 Å². The van der Waals surface area contributed by atoms with Gasteiger partial charge in [-0.2, -0.15) is 5.10 Å². The van der Waals surface area contributed by atoms with E-state index < -0.39 is 17.3 Å². The molecule has 3 aromatic rings. The van der Waals surface area contributed by atoms with Crippen LogP contribution >= 0.6 is 0 Å². The number of aromatic carboxylic acids is 1. The fourth-order valence-corrected chi connectivity index (χ4v) is 2.15. The Balaban J connectivity index is 2.20. The average molecular weight is 274 g/mol. The lowest BCUT2D eigenvalue weighted by Crippen LogP contribution is -1.99. The number of aromatic amines is 1. The first-order chi connectivity index (χ1) is 9.45. The van der Waals surface area contributed by atoms with Crippen LogP contribution in [0.2, 0.25) is 0 Å². The summed E-state index contributed by atoms with van der Waals surface area (Å²) in [5.41, 5.74) is 2.03. The summed E-state index contributed by atoms with van der Waals surface area (Å²) in [4.78, 5) is 18.2. The van der Waals surface area contributed by atoms with Gasteiger partial charge < -0.3 is 10.1 Å². The molecule has 7 heteroatoms. The Hall–Kier alpha value is -2.70. The number of hydrogen-bond acceptors (Lipinski definition) is 3. The van der Waals surface area contributed by atoms with Gasteiger partial charge in [0, 0.05) is 13.1 Å². The van der Waals surface area contributed by atoms with E-state index >= 15 is 0 Å². The quantitative estimate of drug-likeness (QED) is 0.749. The number of halogens is 1. The van der Waals surface area contributed by atoms with Gasteiger partial charge in [-0.05, 0) is 19.1 Å². The van der Waals surface area contributed by atoms with Crippen LogP contribution < -0.4 is 0 Å². The Labute approximate surface area is 112 Å². The van der Waals surface area contributed by atoms with Crippen LogP contribution in [0.25, 0.3) is 22.6 Å². The third-order valence-electron chi connectivity index (χ3n) is 3.05. The van der Waals surface area contributed by atoms with Gasteiger partial charge in [0.2, 0.25) is 0 Å². The number of nitrogens with zero attached hydrogens (tertiary/aromatic N) is 3. The molecule has 3 rings (SSSR count). The summed E-state index contributed by atoms with van der Waals surface area (Å²) in [6.45, 7) is 1.86. The zero-order valence-corrected chi connectivity index (χ0v) is 10.8. The van der Waals surface area contributed by atoms with Gasteiger partial charge in [-0.25, -0.2) is 14.2 Å². The van der Waals surface area contributed by atoms with Crippen LogP contribution in [-0.4, -0.2) is 30.8 Å². The van der Waals surface area contributed by atoms with Crippen molar-refractivity contribution in [3.63, 3.8) is 0 Å². The average Bonchev–Trinajstić information content (AvgIpc) is 2.90. The summed E-state index contributed by atoms with van der Waals surface area (Å²) in [7, 11) is 1.78. The highest BCUT2D eigenvalue weighted by Gasteiger charge is 2.16. The third-order valence-corrected chi connectivity index (χ3v) is 3.05. The van der Waals surface area contributed by atoms with Crippen molar-refractivity contribution < 1.29 is 14.3 Å². The molecule has 1 aromatic carbocycles. The van der Waals surface area contributed by atoms with Crippen molar-refractivity contribution >= 4 is 17.0 Å². The number of aryl methyl sites for hydroxylation is 2. The minimum Gasteiger partial charge on any atom is -0.478 e. The fourth-order valence-electron chi connectivity index (χ4n) is 2.15. The predicted molar refractivity (Wildman–Crippen MR) is 70.0 cm³/mol. The van der Waals surface area contributed by atoms with E-state index in [1.807, 2.05) is 13.0 Å². The summed E-state index contributed by atoms with van der Waals surface area (Å²) in [5.74, 6) is -1.59. The molecule has 0 saturated heterocycles. The Kier molecular flexibility index (Phi) is 2.56. The lowest BCUT2D eigenvalue weighted by molar-refractivity contribution is 0.0692. The van der Waals surface area contributed by atoms with Crippen molar-refractivity contribution in [2.45, 2.75) is 6.92 Å². The third kappa shape index (κ3) is 1.83. The van der Waals surface area contributed by atoms with Crippen LogP contribution in [0.1, 0.15) is 16.1 Å². The van der Waals surface area contributed by atoms with E-state index in [1.54, 1.807) is 11.7 Å². The summed E-state index contributed by atoms with van der Waals surface area (Å²) >= 11 is 0. The highest BCUT2D eigenvalue weighted by molar-refractivity contribution is 5.93. The Bertz CT molecular complexity index is 834. The van der Waals surface area contributed by atoms with Crippen LogP contribution in [0.5, 0.6) is 0 Å². The number of H-pyrrole nitrogens is 1. The topological polar surface area (TPSA) is 83.8 Å². The molecule has 0 amide bonds. The molecule has 0 aliphatic heterocycles. The van der Waals surface area contributed by atoms with Crippen molar-refractivity contribution in [1.82, 2.24) is 19.7 Å². The van der Waals surface area contributed by atoms with Crippen molar-refractivity contribution in [3.05, 3.63) is 35.3 Å². The molecule has 0 fully saturated rings. The van der Waals surface area contributed by atoms with Crippen LogP contribution in [0.3, 0.4) is 0 Å². The summed E-state index contributed by atoms with van der Waals surface area (Å²) in [6, 6.07) is 4.20. The van der Waals surface area contributed by atoms with E-state index in [4.69, 9.17) is 5.11 Å². The lowest BCUT2D eigenvalue weighted by atomic mass is 10.2. The molecule has 0 aliphatic carbocycles. The second-order valence-corrected chi connectivity index (χ2v) is 4.53. The number of imidazole rings is 1. The van der Waals surface area contributed by atoms with E-state index in [1.165, 1.54) is 6.07 Å². The number of carboxylic acid groups (broad SMARTS) is 1. The monoisotopic (exact) mass is 274 g/mol. The van der Waals surface area contributed by atoms with Gasteiger partial charge in [0.1, 0.15) is 11.5 Å². The molecule has 102 valence electrons. The van der Waals surface area contributed by atoms with Gasteiger partial charge in [0.15, 0.2) is 5.82 Å². The van der Waals surface area contributed by atoms with E-state index in [9.17, 15) is 9.18 Å². The fraction of sp³-hybridized carbons (Fsp3) is 0.154. The number of nitrogens with one attached hydrogen (secondary N) is 1. The molecule has 2 heterocycles. The molecular formula is C13H11FN4O2. The summed E-state index contributed by atoms with van der Waals surface area (Å²) in [6.07, 6.45) is 0. The molecule has 20 heavy (non-hydrogen) atoms. The normalized spacial score (nSPS) is 11.2. The van der Waals surface area contributed by atoms with Gasteiger partial charge in [-0.1, -0.05) is 0 Å². The maximum atomic E-state index is 13.6. The van der Waals surface area contributed by atoms with Gasteiger partial charge >= 0.3 is 5.97 Å². The molecule has 2 aromatic heterocycles. The van der Waals surface area contributed by atoms with Crippen molar-refractivity contribution in [1.29, 1.82) is 0 Å². The Morgan fingerprint density at radius 3 is 2.75 bits per heavy atom. The molecule has 2 N–H and O–H groups in total. The standard InChI is InChI=1S/C13H11FN4O2/c1-6-3-11(18(2)17-6)12-15-9-4-7(13(19)20)8(14)5-10(9)16-12/h3-5H,1-2H3,(H,15,16)(H,19,20). The Morgan fingerprint density at radius 1 is 1.40 bits per heavy atom. The first-order valence-electron chi connectivity index (χ1n) is 5.89. The highest BCUT2D eigenvalue weighted by atomic mass is 19.1.